The van der Waals surface area contributed by atoms with E-state index in [1.807, 2.05) is 31.2 Å². The first kappa shape index (κ1) is 16.1. The van der Waals surface area contributed by atoms with Gasteiger partial charge in [0.1, 0.15) is 0 Å². The second kappa shape index (κ2) is 6.25. The Kier molecular flexibility index (Phi) is 4.58. The highest BCUT2D eigenvalue weighted by molar-refractivity contribution is 7.89. The molecule has 1 atom stereocenters. The normalized spacial score (nSPS) is 12.8. The topological polar surface area (TPSA) is 89.3 Å². The van der Waals surface area contributed by atoms with E-state index in [4.69, 9.17) is 0 Å². The Morgan fingerprint density at radius 2 is 1.68 bits per heavy atom. The van der Waals surface area contributed by atoms with Crippen molar-refractivity contribution in [2.24, 2.45) is 0 Å². The average Bonchev–Trinajstić information content (AvgIpc) is 2.47. The lowest BCUT2D eigenvalue weighted by molar-refractivity contribution is -0.387. The Balaban J connectivity index is 2.32. The molecule has 2 aromatic carbocycles. The van der Waals surface area contributed by atoms with Gasteiger partial charge in [-0.15, -0.1) is 0 Å². The Hall–Kier alpha value is -2.25. The molecule has 1 N–H and O–H groups in total. The monoisotopic (exact) mass is 320 g/mol. The average molecular weight is 320 g/mol. The number of para-hydroxylation sites is 1. The van der Waals surface area contributed by atoms with E-state index in [1.165, 1.54) is 24.3 Å². The van der Waals surface area contributed by atoms with Crippen LogP contribution in [0.25, 0.3) is 0 Å². The third kappa shape index (κ3) is 3.49. The summed E-state index contributed by atoms with van der Waals surface area (Å²) < 4.78 is 27.3. The van der Waals surface area contributed by atoms with Crippen molar-refractivity contribution in [1.29, 1.82) is 0 Å². The largest absolute Gasteiger partial charge is 0.289 e. The number of hydrogen-bond acceptors (Lipinski definition) is 4. The number of rotatable bonds is 5. The van der Waals surface area contributed by atoms with Crippen LogP contribution in [0.5, 0.6) is 0 Å². The minimum Gasteiger partial charge on any atom is -0.258 e. The van der Waals surface area contributed by atoms with Crippen molar-refractivity contribution in [2.45, 2.75) is 24.8 Å². The summed E-state index contributed by atoms with van der Waals surface area (Å²) in [6.07, 6.45) is 0. The van der Waals surface area contributed by atoms with E-state index in [2.05, 4.69) is 4.72 Å². The first-order valence-corrected chi connectivity index (χ1v) is 8.12. The number of benzene rings is 2. The third-order valence-corrected chi connectivity index (χ3v) is 4.85. The van der Waals surface area contributed by atoms with Gasteiger partial charge in [-0.25, -0.2) is 13.1 Å². The molecular weight excluding hydrogens is 304 g/mol. The third-order valence-electron chi connectivity index (χ3n) is 3.26. The molecule has 2 aromatic rings. The highest BCUT2D eigenvalue weighted by atomic mass is 32.2. The maximum atomic E-state index is 12.4. The van der Waals surface area contributed by atoms with Crippen molar-refractivity contribution >= 4 is 15.7 Å². The first-order chi connectivity index (χ1) is 10.3. The van der Waals surface area contributed by atoms with Crippen LogP contribution in [0.4, 0.5) is 5.69 Å². The van der Waals surface area contributed by atoms with E-state index < -0.39 is 26.7 Å². The van der Waals surface area contributed by atoms with Gasteiger partial charge in [0.15, 0.2) is 4.90 Å². The molecule has 0 aliphatic heterocycles. The van der Waals surface area contributed by atoms with Crippen molar-refractivity contribution < 1.29 is 13.3 Å². The molecule has 0 bridgehead atoms. The van der Waals surface area contributed by atoms with E-state index in [9.17, 15) is 18.5 Å². The lowest BCUT2D eigenvalue weighted by atomic mass is 10.1. The highest BCUT2D eigenvalue weighted by Gasteiger charge is 2.26. The van der Waals surface area contributed by atoms with Gasteiger partial charge in [0, 0.05) is 12.1 Å². The second-order valence-corrected chi connectivity index (χ2v) is 6.66. The van der Waals surface area contributed by atoms with Gasteiger partial charge in [-0.05, 0) is 25.5 Å². The quantitative estimate of drug-likeness (QED) is 0.677. The van der Waals surface area contributed by atoms with Crippen LogP contribution < -0.4 is 4.72 Å². The number of nitrogens with zero attached hydrogens (tertiary/aromatic N) is 1. The van der Waals surface area contributed by atoms with Crippen LogP contribution in [0.1, 0.15) is 24.1 Å². The second-order valence-electron chi connectivity index (χ2n) is 4.98. The van der Waals surface area contributed by atoms with Gasteiger partial charge in [-0.2, -0.15) is 0 Å². The molecule has 7 heteroatoms. The van der Waals surface area contributed by atoms with Crippen molar-refractivity contribution in [1.82, 2.24) is 4.72 Å². The van der Waals surface area contributed by atoms with Gasteiger partial charge in [-0.3, -0.25) is 10.1 Å². The summed E-state index contributed by atoms with van der Waals surface area (Å²) in [7, 11) is -3.99. The zero-order valence-electron chi connectivity index (χ0n) is 12.2. The van der Waals surface area contributed by atoms with Gasteiger partial charge in [-0.1, -0.05) is 42.0 Å². The standard InChI is InChI=1S/C15H16N2O4S/c1-11-7-9-13(10-8-11)12(2)16-22(20,21)15-6-4-3-5-14(15)17(18)19/h3-10,12,16H,1-2H3/t12-/m0/s1. The fourth-order valence-electron chi connectivity index (χ4n) is 2.05. The number of nitro groups is 1. The van der Waals surface area contributed by atoms with E-state index in [0.717, 1.165) is 11.1 Å². The van der Waals surface area contributed by atoms with Crippen molar-refractivity contribution in [3.8, 4) is 0 Å². The molecule has 6 nitrogen and oxygen atoms in total. The Labute approximate surface area is 129 Å². The van der Waals surface area contributed by atoms with Crippen molar-refractivity contribution in [2.75, 3.05) is 0 Å². The maximum Gasteiger partial charge on any atom is 0.289 e. The molecule has 0 saturated carbocycles. The number of aryl methyl sites for hydroxylation is 1. The van der Waals surface area contributed by atoms with Crippen LogP contribution in [-0.2, 0) is 10.0 Å². The zero-order chi connectivity index (χ0) is 16.3. The molecule has 116 valence electrons. The molecule has 0 unspecified atom stereocenters. The molecule has 0 radical (unpaired) electrons. The Morgan fingerprint density at radius 3 is 2.27 bits per heavy atom. The predicted octanol–water partition coefficient (Wildman–Crippen LogP) is 2.94. The Bertz CT molecular complexity index is 785. The summed E-state index contributed by atoms with van der Waals surface area (Å²) in [6, 6.07) is 12.2. The van der Waals surface area contributed by atoms with Gasteiger partial charge < -0.3 is 0 Å². The summed E-state index contributed by atoms with van der Waals surface area (Å²) in [5, 5.41) is 11.0. The lowest BCUT2D eigenvalue weighted by Crippen LogP contribution is -2.27. The fraction of sp³-hybridized carbons (Fsp3) is 0.200. The zero-order valence-corrected chi connectivity index (χ0v) is 13.0. The Morgan fingerprint density at radius 1 is 1.09 bits per heavy atom. The molecule has 22 heavy (non-hydrogen) atoms. The minimum atomic E-state index is -3.99. The maximum absolute atomic E-state index is 12.4. The number of nitrogens with one attached hydrogen (secondary N) is 1. The molecule has 0 amide bonds. The van der Waals surface area contributed by atoms with Gasteiger partial charge in [0.25, 0.3) is 5.69 Å². The van der Waals surface area contributed by atoms with Crippen LogP contribution in [0, 0.1) is 17.0 Å². The first-order valence-electron chi connectivity index (χ1n) is 6.63. The fourth-order valence-corrected chi connectivity index (χ4v) is 3.46. The van der Waals surface area contributed by atoms with E-state index >= 15 is 0 Å². The molecule has 0 spiro atoms. The molecule has 0 aromatic heterocycles. The van der Waals surface area contributed by atoms with Crippen molar-refractivity contribution in [3.63, 3.8) is 0 Å². The SMILES string of the molecule is Cc1ccc([C@H](C)NS(=O)(=O)c2ccccc2[N+](=O)[O-])cc1. The smallest absolute Gasteiger partial charge is 0.258 e. The molecule has 0 saturated heterocycles. The van der Waals surface area contributed by atoms with Gasteiger partial charge >= 0.3 is 0 Å². The van der Waals surface area contributed by atoms with Gasteiger partial charge in [0.2, 0.25) is 10.0 Å². The van der Waals surface area contributed by atoms with Crippen LogP contribution in [0.2, 0.25) is 0 Å². The molecular formula is C15H16N2O4S. The number of hydrogen-bond donors (Lipinski definition) is 1. The molecule has 0 fully saturated rings. The summed E-state index contributed by atoms with van der Waals surface area (Å²) in [5.74, 6) is 0. The van der Waals surface area contributed by atoms with Gasteiger partial charge in [0.05, 0.1) is 4.92 Å². The van der Waals surface area contributed by atoms with Crippen LogP contribution in [0.15, 0.2) is 53.4 Å². The van der Waals surface area contributed by atoms with Crippen molar-refractivity contribution in [3.05, 3.63) is 69.8 Å². The van der Waals surface area contributed by atoms with Crippen LogP contribution in [-0.4, -0.2) is 13.3 Å². The summed E-state index contributed by atoms with van der Waals surface area (Å²) >= 11 is 0. The molecule has 0 aliphatic rings. The lowest BCUT2D eigenvalue weighted by Gasteiger charge is -2.15. The van der Waals surface area contributed by atoms with Crippen LogP contribution in [0.3, 0.4) is 0 Å². The molecule has 2 rings (SSSR count). The summed E-state index contributed by atoms with van der Waals surface area (Å²) in [4.78, 5) is 9.94. The molecule has 0 heterocycles. The summed E-state index contributed by atoms with van der Waals surface area (Å²) in [5.41, 5.74) is 1.41. The van der Waals surface area contributed by atoms with E-state index in [1.54, 1.807) is 6.92 Å². The minimum absolute atomic E-state index is 0.334. The van der Waals surface area contributed by atoms with E-state index in [0.29, 0.717) is 0 Å². The summed E-state index contributed by atoms with van der Waals surface area (Å²) in [6.45, 7) is 3.63. The van der Waals surface area contributed by atoms with E-state index in [-0.39, 0.29) is 4.90 Å². The van der Waals surface area contributed by atoms with Crippen LogP contribution >= 0.6 is 0 Å². The number of sulfonamides is 1. The predicted molar refractivity (Wildman–Crippen MR) is 83.0 cm³/mol. The molecule has 0 aliphatic carbocycles. The highest BCUT2D eigenvalue weighted by Crippen LogP contribution is 2.25. The number of nitro benzene ring substituents is 1.